The second-order valence-electron chi connectivity index (χ2n) is 1.73. The summed E-state index contributed by atoms with van der Waals surface area (Å²) in [5.41, 5.74) is 0.848. The van der Waals surface area contributed by atoms with Crippen LogP contribution < -0.4 is 0 Å². The predicted molar refractivity (Wildman–Crippen MR) is 50.2 cm³/mol. The van der Waals surface area contributed by atoms with Crippen LogP contribution in [0, 0.1) is 0 Å². The number of hydrogen-bond donors (Lipinski definition) is 2. The summed E-state index contributed by atoms with van der Waals surface area (Å²) in [5.74, 6) is 0. The molecular weight excluding hydrogens is 162 g/mol. The Morgan fingerprint density at radius 3 is 2.80 bits per heavy atom. The molecule has 0 aliphatic rings. The molecule has 0 aromatic carbocycles. The van der Waals surface area contributed by atoms with Crippen molar-refractivity contribution < 1.29 is 0 Å². The van der Waals surface area contributed by atoms with Crippen LogP contribution in [0.3, 0.4) is 0 Å². The van der Waals surface area contributed by atoms with E-state index in [2.05, 4.69) is 30.2 Å². The highest BCUT2D eigenvalue weighted by Gasteiger charge is 1.92. The van der Waals surface area contributed by atoms with Crippen LogP contribution in [-0.2, 0) is 0 Å². The van der Waals surface area contributed by atoms with Crippen LogP contribution in [0.15, 0.2) is 29.8 Å². The van der Waals surface area contributed by atoms with Gasteiger partial charge in [-0.3, -0.25) is 4.98 Å². The molecule has 1 heterocycles. The van der Waals surface area contributed by atoms with Crippen LogP contribution in [-0.4, -0.2) is 4.98 Å². The van der Waals surface area contributed by atoms with Gasteiger partial charge in [-0.05, 0) is 17.5 Å². The maximum Gasteiger partial charge on any atom is 0.0767 e. The van der Waals surface area contributed by atoms with Gasteiger partial charge in [-0.1, -0.05) is 6.07 Å². The summed E-state index contributed by atoms with van der Waals surface area (Å²) in [6.07, 6.45) is 1.73. The molecule has 0 amide bonds. The number of rotatable bonds is 1. The molecule has 0 bridgehead atoms. The summed E-state index contributed by atoms with van der Waals surface area (Å²) < 4.78 is 0. The van der Waals surface area contributed by atoms with Crippen molar-refractivity contribution in [3.63, 3.8) is 0 Å². The van der Waals surface area contributed by atoms with E-state index < -0.39 is 0 Å². The van der Waals surface area contributed by atoms with E-state index in [4.69, 9.17) is 0 Å². The number of nitrogens with zero attached hydrogens (tertiary/aromatic N) is 1. The third kappa shape index (κ3) is 1.78. The highest BCUT2D eigenvalue weighted by Crippen LogP contribution is 2.14. The van der Waals surface area contributed by atoms with E-state index in [0.29, 0.717) is 0 Å². The Kier molecular flexibility index (Phi) is 2.83. The lowest BCUT2D eigenvalue weighted by molar-refractivity contribution is 1.29. The highest BCUT2D eigenvalue weighted by molar-refractivity contribution is 7.92. The van der Waals surface area contributed by atoms with Gasteiger partial charge in [0.15, 0.2) is 0 Å². The minimum Gasteiger partial charge on any atom is -0.256 e. The maximum absolute atomic E-state index is 4.14. The zero-order valence-electron chi connectivity index (χ0n) is 5.23. The Morgan fingerprint density at radius 1 is 1.50 bits per heavy atom. The molecule has 0 saturated carbocycles. The Balaban J connectivity index is 2.96. The molecule has 1 nitrogen and oxygen atoms in total. The topological polar surface area (TPSA) is 12.9 Å². The average Bonchev–Trinajstić information content (AvgIpc) is 2.05. The molecule has 0 N–H and O–H groups in total. The molecule has 1 aromatic heterocycles. The Morgan fingerprint density at radius 2 is 2.30 bits per heavy atom. The number of hydrogen-bond acceptors (Lipinski definition) is 3. The molecule has 3 heteroatoms. The van der Waals surface area contributed by atoms with Crippen molar-refractivity contribution in [1.82, 2.24) is 4.98 Å². The van der Waals surface area contributed by atoms with Gasteiger partial charge in [-0.25, -0.2) is 0 Å². The van der Waals surface area contributed by atoms with Crippen LogP contribution >= 0.6 is 25.3 Å². The molecule has 0 spiro atoms. The summed E-state index contributed by atoms with van der Waals surface area (Å²) in [4.78, 5) is 4.84. The molecule has 52 valence electrons. The monoisotopic (exact) mass is 169 g/mol. The largest absolute Gasteiger partial charge is 0.256 e. The summed E-state index contributed by atoms with van der Waals surface area (Å²) in [5, 5.41) is 1.62. The smallest absolute Gasteiger partial charge is 0.0767 e. The summed E-state index contributed by atoms with van der Waals surface area (Å²) in [6.45, 7) is 0. The van der Waals surface area contributed by atoms with Crippen LogP contribution in [0.5, 0.6) is 0 Å². The summed E-state index contributed by atoms with van der Waals surface area (Å²) in [7, 11) is 0. The lowest BCUT2D eigenvalue weighted by Crippen LogP contribution is -1.79. The van der Waals surface area contributed by atoms with E-state index in [9.17, 15) is 0 Å². The molecule has 0 fully saturated rings. The van der Waals surface area contributed by atoms with Crippen molar-refractivity contribution in [2.45, 2.75) is 0 Å². The van der Waals surface area contributed by atoms with E-state index in [-0.39, 0.29) is 0 Å². The van der Waals surface area contributed by atoms with Crippen molar-refractivity contribution in [2.75, 3.05) is 0 Å². The summed E-state index contributed by atoms with van der Waals surface area (Å²) in [6, 6.07) is 5.66. The second kappa shape index (κ2) is 3.68. The standard InChI is InChI=1S/C7H7NS2/c9-5-7(10)6-3-1-2-4-8-6/h1-5,9-10H/b7-5-. The maximum atomic E-state index is 4.14. The van der Waals surface area contributed by atoms with Crippen molar-refractivity contribution in [2.24, 2.45) is 0 Å². The second-order valence-corrected chi connectivity index (χ2v) is 2.47. The lowest BCUT2D eigenvalue weighted by atomic mass is 10.3. The molecular formula is C7H7NS2. The van der Waals surface area contributed by atoms with Gasteiger partial charge in [0.2, 0.25) is 0 Å². The fourth-order valence-corrected chi connectivity index (χ4v) is 0.845. The Labute approximate surface area is 71.0 Å². The predicted octanol–water partition coefficient (Wildman–Crippen LogP) is 2.24. The van der Waals surface area contributed by atoms with Gasteiger partial charge in [-0.15, -0.1) is 12.6 Å². The van der Waals surface area contributed by atoms with Gasteiger partial charge in [0, 0.05) is 11.1 Å². The van der Waals surface area contributed by atoms with Crippen LogP contribution in [0.2, 0.25) is 0 Å². The first kappa shape index (κ1) is 7.69. The molecule has 1 aromatic rings. The fraction of sp³-hybridized carbons (Fsp3) is 0. The van der Waals surface area contributed by atoms with E-state index in [1.807, 2.05) is 18.2 Å². The van der Waals surface area contributed by atoms with E-state index in [1.165, 1.54) is 0 Å². The molecule has 0 radical (unpaired) electrons. The normalized spacial score (nSPS) is 11.6. The Bertz CT molecular complexity index is 231. The van der Waals surface area contributed by atoms with Crippen LogP contribution in [0.1, 0.15) is 5.69 Å². The minimum absolute atomic E-state index is 0.781. The van der Waals surface area contributed by atoms with Gasteiger partial charge < -0.3 is 0 Å². The lowest BCUT2D eigenvalue weighted by Gasteiger charge is -1.94. The van der Waals surface area contributed by atoms with Crippen molar-refractivity contribution in [3.05, 3.63) is 35.5 Å². The fourth-order valence-electron chi connectivity index (χ4n) is 0.580. The van der Waals surface area contributed by atoms with Gasteiger partial charge in [-0.2, -0.15) is 12.6 Å². The first-order valence-corrected chi connectivity index (χ1v) is 3.75. The first-order valence-electron chi connectivity index (χ1n) is 2.79. The van der Waals surface area contributed by atoms with Gasteiger partial charge in [0.25, 0.3) is 0 Å². The third-order valence-corrected chi connectivity index (χ3v) is 1.87. The Hall–Kier alpha value is -0.410. The summed E-state index contributed by atoms with van der Waals surface area (Å²) >= 11 is 8.09. The molecule has 0 atom stereocenters. The molecule has 1 rings (SSSR count). The molecule has 0 aliphatic heterocycles. The SMILES string of the molecule is S/C=C(\S)c1ccccn1. The number of thiol groups is 2. The first-order chi connectivity index (χ1) is 4.84. The molecule has 0 unspecified atom stereocenters. The van der Waals surface area contributed by atoms with Gasteiger partial charge >= 0.3 is 0 Å². The molecule has 0 saturated heterocycles. The van der Waals surface area contributed by atoms with Crippen molar-refractivity contribution in [3.8, 4) is 0 Å². The highest BCUT2D eigenvalue weighted by atomic mass is 32.1. The molecule has 10 heavy (non-hydrogen) atoms. The minimum atomic E-state index is 0.781. The number of pyridine rings is 1. The van der Waals surface area contributed by atoms with E-state index in [1.54, 1.807) is 11.6 Å². The van der Waals surface area contributed by atoms with Crippen LogP contribution in [0.25, 0.3) is 4.91 Å². The van der Waals surface area contributed by atoms with Crippen LogP contribution in [0.4, 0.5) is 0 Å². The quantitative estimate of drug-likeness (QED) is 0.615. The van der Waals surface area contributed by atoms with Crippen molar-refractivity contribution >= 4 is 30.2 Å². The number of aromatic nitrogens is 1. The van der Waals surface area contributed by atoms with E-state index in [0.717, 1.165) is 10.6 Å². The zero-order chi connectivity index (χ0) is 7.40. The van der Waals surface area contributed by atoms with Gasteiger partial charge in [0.1, 0.15) is 0 Å². The van der Waals surface area contributed by atoms with E-state index >= 15 is 0 Å². The molecule has 0 aliphatic carbocycles. The van der Waals surface area contributed by atoms with Gasteiger partial charge in [0.05, 0.1) is 5.69 Å². The average molecular weight is 169 g/mol. The zero-order valence-corrected chi connectivity index (χ0v) is 7.02. The third-order valence-electron chi connectivity index (χ3n) is 1.05. The van der Waals surface area contributed by atoms with Crippen molar-refractivity contribution in [1.29, 1.82) is 0 Å².